The van der Waals surface area contributed by atoms with Crippen LogP contribution >= 0.6 is 0 Å². The molecule has 0 saturated carbocycles. The molecule has 2 aromatic carbocycles. The highest BCUT2D eigenvalue weighted by Crippen LogP contribution is 2.27. The molecule has 3 aromatic rings. The summed E-state index contributed by atoms with van der Waals surface area (Å²) in [6.07, 6.45) is 1.10. The van der Waals surface area contributed by atoms with Crippen LogP contribution in [0.1, 0.15) is 57.9 Å². The summed E-state index contributed by atoms with van der Waals surface area (Å²) in [5.41, 5.74) is 3.31. The van der Waals surface area contributed by atoms with Gasteiger partial charge in [-0.2, -0.15) is 0 Å². The van der Waals surface area contributed by atoms with Crippen LogP contribution in [-0.4, -0.2) is 52.3 Å². The number of amides is 2. The van der Waals surface area contributed by atoms with Crippen LogP contribution in [0.3, 0.4) is 0 Å². The molecule has 0 radical (unpaired) electrons. The van der Waals surface area contributed by atoms with Gasteiger partial charge < -0.3 is 20.5 Å². The van der Waals surface area contributed by atoms with Crippen LogP contribution in [0.2, 0.25) is 0 Å². The van der Waals surface area contributed by atoms with Gasteiger partial charge in [0.15, 0.2) is 0 Å². The number of aromatic nitrogens is 2. The fourth-order valence-corrected chi connectivity index (χ4v) is 4.11. The number of benzene rings is 2. The van der Waals surface area contributed by atoms with Crippen molar-refractivity contribution in [2.45, 2.75) is 32.4 Å². The third-order valence-electron chi connectivity index (χ3n) is 5.82. The summed E-state index contributed by atoms with van der Waals surface area (Å²) >= 11 is 0. The van der Waals surface area contributed by atoms with Crippen molar-refractivity contribution in [1.82, 2.24) is 25.5 Å². The maximum Gasteiger partial charge on any atom is 0.255 e. The van der Waals surface area contributed by atoms with Crippen molar-refractivity contribution in [2.24, 2.45) is 0 Å². The second kappa shape index (κ2) is 9.81. The van der Waals surface area contributed by atoms with E-state index in [9.17, 15) is 14.0 Å². The molecule has 0 bridgehead atoms. The van der Waals surface area contributed by atoms with Crippen LogP contribution in [0.15, 0.2) is 42.5 Å². The van der Waals surface area contributed by atoms with E-state index in [1.54, 1.807) is 17.0 Å². The smallest absolute Gasteiger partial charge is 0.255 e. The lowest BCUT2D eigenvalue weighted by Crippen LogP contribution is -2.32. The average Bonchev–Trinajstić information content (AvgIpc) is 3.41. The van der Waals surface area contributed by atoms with Gasteiger partial charge in [0, 0.05) is 19.6 Å². The molecule has 33 heavy (non-hydrogen) atoms. The van der Waals surface area contributed by atoms with E-state index in [1.165, 1.54) is 0 Å². The Hall–Kier alpha value is -3.75. The minimum Gasteiger partial charge on any atom is -0.372 e. The molecule has 4 N–H and O–H groups in total. The Morgan fingerprint density at radius 3 is 2.85 bits per heavy atom. The molecule has 8 nitrogen and oxygen atoms in total. The van der Waals surface area contributed by atoms with Gasteiger partial charge in [0.05, 0.1) is 28.2 Å². The highest BCUT2D eigenvalue weighted by atomic mass is 19.1. The van der Waals surface area contributed by atoms with E-state index < -0.39 is 12.7 Å². The number of aromatic amines is 1. The van der Waals surface area contributed by atoms with Crippen molar-refractivity contribution in [1.29, 1.82) is 5.41 Å². The number of fused-ring (bicyclic) bond motifs is 2. The van der Waals surface area contributed by atoms with Crippen molar-refractivity contribution in [3.8, 4) is 0 Å². The van der Waals surface area contributed by atoms with Crippen molar-refractivity contribution >= 4 is 28.7 Å². The Morgan fingerprint density at radius 2 is 2.09 bits per heavy atom. The Kier molecular flexibility index (Phi) is 6.67. The number of hydrogen-bond acceptors (Lipinski definition) is 4. The van der Waals surface area contributed by atoms with E-state index in [0.29, 0.717) is 49.4 Å². The van der Waals surface area contributed by atoms with Crippen molar-refractivity contribution in [2.75, 3.05) is 19.8 Å². The standard InChI is InChI=1S/C24H27FN6O2/c1-2-31-14-15-7-5-8-16(21(15)24(31)33)23(32)30-19(11-6-12-27-20(26)13-25)22-28-17-9-3-4-10-18(17)29-22/h3-5,7-10,19H,2,6,11-14H2,1H3,(H2,26,27)(H,28,29)(H,30,32). The summed E-state index contributed by atoms with van der Waals surface area (Å²) in [7, 11) is 0. The van der Waals surface area contributed by atoms with Crippen molar-refractivity contribution < 1.29 is 14.0 Å². The molecule has 0 saturated heterocycles. The zero-order valence-electron chi connectivity index (χ0n) is 18.5. The van der Waals surface area contributed by atoms with Gasteiger partial charge in [-0.15, -0.1) is 0 Å². The van der Waals surface area contributed by atoms with Crippen LogP contribution in [0.25, 0.3) is 11.0 Å². The second-order valence-electron chi connectivity index (χ2n) is 8.01. The number of carbonyl (C=O) groups is 2. The summed E-state index contributed by atoms with van der Waals surface area (Å²) < 4.78 is 12.5. The predicted octanol–water partition coefficient (Wildman–Crippen LogP) is 3.33. The van der Waals surface area contributed by atoms with Gasteiger partial charge in [0.2, 0.25) is 0 Å². The Labute approximate surface area is 191 Å². The number of rotatable bonds is 9. The van der Waals surface area contributed by atoms with Crippen molar-refractivity contribution in [3.63, 3.8) is 0 Å². The monoisotopic (exact) mass is 450 g/mol. The molecule has 0 spiro atoms. The van der Waals surface area contributed by atoms with Crippen LogP contribution in [-0.2, 0) is 6.54 Å². The Bertz CT molecular complexity index is 1160. The highest BCUT2D eigenvalue weighted by Gasteiger charge is 2.31. The van der Waals surface area contributed by atoms with Crippen LogP contribution in [0.4, 0.5) is 4.39 Å². The number of imidazole rings is 1. The molecular weight excluding hydrogens is 423 g/mol. The quantitative estimate of drug-likeness (QED) is 0.227. The summed E-state index contributed by atoms with van der Waals surface area (Å²) in [6.45, 7) is 2.56. The van der Waals surface area contributed by atoms with Crippen LogP contribution < -0.4 is 10.6 Å². The normalized spacial score (nSPS) is 13.8. The van der Waals surface area contributed by atoms with E-state index in [2.05, 4.69) is 20.6 Å². The maximum atomic E-state index is 13.3. The van der Waals surface area contributed by atoms with E-state index in [0.717, 1.165) is 16.6 Å². The van der Waals surface area contributed by atoms with Gasteiger partial charge >= 0.3 is 0 Å². The minimum absolute atomic E-state index is 0.132. The number of hydrogen-bond donors (Lipinski definition) is 4. The zero-order valence-corrected chi connectivity index (χ0v) is 18.5. The molecule has 2 amide bonds. The first-order chi connectivity index (χ1) is 16.0. The largest absolute Gasteiger partial charge is 0.372 e. The molecule has 1 aliphatic heterocycles. The number of amidine groups is 1. The van der Waals surface area contributed by atoms with Gasteiger partial charge in [-0.05, 0) is 43.5 Å². The number of H-pyrrole nitrogens is 1. The SMILES string of the molecule is CCN1Cc2cccc(C(=O)NC(CCCNC(=N)CF)c3nc4ccccc4[nH]3)c2C1=O. The number of halogens is 1. The molecule has 1 atom stereocenters. The number of nitrogens with one attached hydrogen (secondary N) is 4. The molecule has 0 aliphatic carbocycles. The number of carbonyl (C=O) groups excluding carboxylic acids is 2. The lowest BCUT2D eigenvalue weighted by Gasteiger charge is -2.18. The first-order valence-corrected chi connectivity index (χ1v) is 11.1. The van der Waals surface area contributed by atoms with E-state index in [4.69, 9.17) is 5.41 Å². The van der Waals surface area contributed by atoms with Gasteiger partial charge in [0.1, 0.15) is 18.3 Å². The van der Waals surface area contributed by atoms with E-state index >= 15 is 0 Å². The summed E-state index contributed by atoms with van der Waals surface area (Å²) in [5, 5.41) is 13.2. The Morgan fingerprint density at radius 1 is 1.27 bits per heavy atom. The maximum absolute atomic E-state index is 13.3. The molecule has 1 aliphatic rings. The molecule has 9 heteroatoms. The molecule has 4 rings (SSSR count). The fraction of sp³-hybridized carbons (Fsp3) is 0.333. The lowest BCUT2D eigenvalue weighted by atomic mass is 10.0. The van der Waals surface area contributed by atoms with E-state index in [1.807, 2.05) is 37.3 Å². The third-order valence-corrected chi connectivity index (χ3v) is 5.82. The lowest BCUT2D eigenvalue weighted by molar-refractivity contribution is 0.0780. The molecule has 1 aromatic heterocycles. The number of nitrogens with zero attached hydrogens (tertiary/aromatic N) is 2. The number of alkyl halides is 1. The topological polar surface area (TPSA) is 114 Å². The molecular formula is C24H27FN6O2. The van der Waals surface area contributed by atoms with Crippen molar-refractivity contribution in [3.05, 3.63) is 65.0 Å². The van der Waals surface area contributed by atoms with E-state index in [-0.39, 0.29) is 17.6 Å². The minimum atomic E-state index is -0.842. The summed E-state index contributed by atoms with van der Waals surface area (Å²) in [4.78, 5) is 35.7. The third kappa shape index (κ3) is 4.72. The average molecular weight is 451 g/mol. The first kappa shape index (κ1) is 22.4. The highest BCUT2D eigenvalue weighted by molar-refractivity contribution is 6.09. The zero-order chi connectivity index (χ0) is 23.4. The molecule has 2 heterocycles. The van der Waals surface area contributed by atoms with Crippen LogP contribution in [0.5, 0.6) is 0 Å². The molecule has 172 valence electrons. The summed E-state index contributed by atoms with van der Waals surface area (Å²) in [5.74, 6) is -0.0297. The fourth-order valence-electron chi connectivity index (χ4n) is 4.11. The van der Waals surface area contributed by atoms with Gasteiger partial charge in [0.25, 0.3) is 11.8 Å². The number of para-hydroxylation sites is 2. The predicted molar refractivity (Wildman–Crippen MR) is 124 cm³/mol. The first-order valence-electron chi connectivity index (χ1n) is 11.1. The van der Waals surface area contributed by atoms with Gasteiger partial charge in [-0.25, -0.2) is 9.37 Å². The second-order valence-corrected chi connectivity index (χ2v) is 8.01. The Balaban J connectivity index is 1.56. The molecule has 1 unspecified atom stereocenters. The summed E-state index contributed by atoms with van der Waals surface area (Å²) in [6, 6.07) is 12.5. The molecule has 0 fully saturated rings. The van der Waals surface area contributed by atoms with Gasteiger partial charge in [-0.1, -0.05) is 24.3 Å². The van der Waals surface area contributed by atoms with Gasteiger partial charge in [-0.3, -0.25) is 15.0 Å². The van der Waals surface area contributed by atoms with Crippen LogP contribution in [0, 0.1) is 5.41 Å².